The first-order valence-corrected chi connectivity index (χ1v) is 9.80. The number of halogens is 2. The molecular formula is C17H24Cl2N4O3. The molecule has 2 heterocycles. The van der Waals surface area contributed by atoms with E-state index in [0.29, 0.717) is 25.9 Å². The molecule has 0 bridgehead atoms. The number of amides is 1. The van der Waals surface area contributed by atoms with Gasteiger partial charge in [0, 0.05) is 31.2 Å². The van der Waals surface area contributed by atoms with Gasteiger partial charge in [0.1, 0.15) is 5.69 Å². The molecule has 144 valence electrons. The SMILES string of the molecule is N[C@H](C1CCN(C(=O)c2c[nH]c(=O)cn2)CC1)C1CC(Cl)C(Cl)CC1O. The number of aromatic amines is 1. The van der Waals surface area contributed by atoms with E-state index in [2.05, 4.69) is 9.97 Å². The van der Waals surface area contributed by atoms with E-state index in [4.69, 9.17) is 28.9 Å². The second-order valence-electron chi connectivity index (χ2n) is 7.24. The molecule has 0 radical (unpaired) electrons. The maximum atomic E-state index is 12.5. The Kier molecular flexibility index (Phi) is 6.22. The van der Waals surface area contributed by atoms with Gasteiger partial charge >= 0.3 is 0 Å². The third-order valence-corrected chi connectivity index (χ3v) is 6.70. The van der Waals surface area contributed by atoms with Gasteiger partial charge in [0.2, 0.25) is 0 Å². The molecule has 2 aliphatic rings. The summed E-state index contributed by atoms with van der Waals surface area (Å²) in [6.45, 7) is 1.15. The van der Waals surface area contributed by atoms with Gasteiger partial charge in [0.25, 0.3) is 11.5 Å². The highest BCUT2D eigenvalue weighted by Gasteiger charge is 2.40. The topological polar surface area (TPSA) is 112 Å². The minimum absolute atomic E-state index is 0.0689. The number of likely N-dealkylation sites (tertiary alicyclic amines) is 1. The van der Waals surface area contributed by atoms with E-state index in [1.807, 2.05) is 0 Å². The van der Waals surface area contributed by atoms with Crippen molar-refractivity contribution in [1.29, 1.82) is 0 Å². The van der Waals surface area contributed by atoms with Crippen LogP contribution in [-0.2, 0) is 0 Å². The van der Waals surface area contributed by atoms with Crippen LogP contribution in [0.2, 0.25) is 0 Å². The lowest BCUT2D eigenvalue weighted by Crippen LogP contribution is -2.51. The number of rotatable bonds is 3. The van der Waals surface area contributed by atoms with Gasteiger partial charge in [-0.05, 0) is 31.6 Å². The lowest BCUT2D eigenvalue weighted by Gasteiger charge is -2.42. The van der Waals surface area contributed by atoms with Crippen LogP contribution in [0.15, 0.2) is 17.2 Å². The third kappa shape index (κ3) is 4.22. The molecule has 0 aromatic carbocycles. The minimum Gasteiger partial charge on any atom is -0.393 e. The summed E-state index contributed by atoms with van der Waals surface area (Å²) in [5, 5.41) is 9.95. The fraction of sp³-hybridized carbons (Fsp3) is 0.706. The predicted molar refractivity (Wildman–Crippen MR) is 99.5 cm³/mol. The number of hydrogen-bond acceptors (Lipinski definition) is 5. The summed E-state index contributed by atoms with van der Waals surface area (Å²) in [6, 6.07) is -0.168. The normalized spacial score (nSPS) is 31.6. The number of nitrogens with zero attached hydrogens (tertiary/aromatic N) is 2. The molecule has 1 aromatic rings. The van der Waals surface area contributed by atoms with E-state index in [0.717, 1.165) is 19.0 Å². The minimum atomic E-state index is -0.535. The maximum Gasteiger partial charge on any atom is 0.273 e. The number of H-pyrrole nitrogens is 1. The fourth-order valence-corrected chi connectivity index (χ4v) is 4.58. The predicted octanol–water partition coefficient (Wildman–Crippen LogP) is 0.935. The molecule has 1 saturated carbocycles. The van der Waals surface area contributed by atoms with Crippen molar-refractivity contribution in [1.82, 2.24) is 14.9 Å². The molecule has 1 amide bonds. The number of aliphatic hydroxyl groups is 1. The average Bonchev–Trinajstić information content (AvgIpc) is 2.64. The molecule has 26 heavy (non-hydrogen) atoms. The summed E-state index contributed by atoms with van der Waals surface area (Å²) < 4.78 is 0. The van der Waals surface area contributed by atoms with Gasteiger partial charge in [0.15, 0.2) is 0 Å². The molecular weight excluding hydrogens is 379 g/mol. The van der Waals surface area contributed by atoms with Crippen molar-refractivity contribution in [2.45, 2.75) is 48.6 Å². The molecule has 5 atom stereocenters. The molecule has 1 aliphatic carbocycles. The zero-order valence-electron chi connectivity index (χ0n) is 14.4. The number of nitrogens with two attached hydrogens (primary N) is 1. The van der Waals surface area contributed by atoms with Crippen LogP contribution < -0.4 is 11.3 Å². The highest BCUT2D eigenvalue weighted by atomic mass is 35.5. The van der Waals surface area contributed by atoms with Crippen LogP contribution in [0.25, 0.3) is 0 Å². The smallest absolute Gasteiger partial charge is 0.273 e. The molecule has 3 rings (SSSR count). The second-order valence-corrected chi connectivity index (χ2v) is 8.36. The summed E-state index contributed by atoms with van der Waals surface area (Å²) in [7, 11) is 0. The Morgan fingerprint density at radius 3 is 2.58 bits per heavy atom. The van der Waals surface area contributed by atoms with Gasteiger partial charge in [-0.15, -0.1) is 23.2 Å². The van der Waals surface area contributed by atoms with Crippen molar-refractivity contribution in [3.63, 3.8) is 0 Å². The van der Waals surface area contributed by atoms with E-state index < -0.39 is 6.10 Å². The average molecular weight is 403 g/mol. The molecule has 0 spiro atoms. The number of nitrogens with one attached hydrogen (secondary N) is 1. The summed E-state index contributed by atoms with van der Waals surface area (Å²) in [6.07, 6.45) is 4.50. The number of piperidine rings is 1. The van der Waals surface area contributed by atoms with E-state index in [1.54, 1.807) is 4.90 Å². The lowest BCUT2D eigenvalue weighted by molar-refractivity contribution is 0.0337. The van der Waals surface area contributed by atoms with Gasteiger partial charge in [-0.1, -0.05) is 0 Å². The van der Waals surface area contributed by atoms with Crippen LogP contribution in [0.4, 0.5) is 0 Å². The highest BCUT2D eigenvalue weighted by Crippen LogP contribution is 2.37. The fourth-order valence-electron chi connectivity index (χ4n) is 3.99. The monoisotopic (exact) mass is 402 g/mol. The van der Waals surface area contributed by atoms with Crippen LogP contribution in [0.1, 0.15) is 36.2 Å². The zero-order valence-corrected chi connectivity index (χ0v) is 15.9. The van der Waals surface area contributed by atoms with Crippen molar-refractivity contribution in [2.75, 3.05) is 13.1 Å². The highest BCUT2D eigenvalue weighted by molar-refractivity contribution is 6.30. The number of alkyl halides is 2. The molecule has 1 aliphatic heterocycles. The van der Waals surface area contributed by atoms with E-state index in [9.17, 15) is 14.7 Å². The largest absolute Gasteiger partial charge is 0.393 e. The van der Waals surface area contributed by atoms with Gasteiger partial charge in [-0.25, -0.2) is 4.98 Å². The van der Waals surface area contributed by atoms with Crippen LogP contribution in [0.3, 0.4) is 0 Å². The van der Waals surface area contributed by atoms with Crippen molar-refractivity contribution >= 4 is 29.1 Å². The molecule has 7 nitrogen and oxygen atoms in total. The van der Waals surface area contributed by atoms with Crippen LogP contribution in [0, 0.1) is 11.8 Å². The van der Waals surface area contributed by atoms with Gasteiger partial charge in [-0.2, -0.15) is 0 Å². The van der Waals surface area contributed by atoms with E-state index in [1.165, 1.54) is 6.20 Å². The Labute approximate surface area is 161 Å². The van der Waals surface area contributed by atoms with Gasteiger partial charge in [-0.3, -0.25) is 9.59 Å². The first-order chi connectivity index (χ1) is 12.4. The van der Waals surface area contributed by atoms with E-state index in [-0.39, 0.29) is 45.8 Å². The number of hydrogen-bond donors (Lipinski definition) is 3. The Bertz CT molecular complexity index is 672. The summed E-state index contributed by atoms with van der Waals surface area (Å²) in [4.78, 5) is 31.6. The zero-order chi connectivity index (χ0) is 18.8. The number of aromatic nitrogens is 2. The number of carbonyl (C=O) groups is 1. The van der Waals surface area contributed by atoms with Crippen molar-refractivity contribution in [2.24, 2.45) is 17.6 Å². The summed E-state index contributed by atoms with van der Waals surface area (Å²) in [5.41, 5.74) is 6.34. The summed E-state index contributed by atoms with van der Waals surface area (Å²) in [5.74, 6) is -0.0459. The number of aliphatic hydroxyl groups excluding tert-OH is 1. The second kappa shape index (κ2) is 8.25. The van der Waals surface area contributed by atoms with E-state index >= 15 is 0 Å². The van der Waals surface area contributed by atoms with Crippen LogP contribution >= 0.6 is 23.2 Å². The lowest BCUT2D eigenvalue weighted by atomic mass is 9.74. The third-order valence-electron chi connectivity index (χ3n) is 5.61. The molecule has 2 fully saturated rings. The van der Waals surface area contributed by atoms with Gasteiger partial charge < -0.3 is 20.7 Å². The Morgan fingerprint density at radius 1 is 1.31 bits per heavy atom. The first kappa shape index (κ1) is 19.6. The van der Waals surface area contributed by atoms with Crippen LogP contribution in [-0.4, -0.2) is 61.9 Å². The molecule has 9 heteroatoms. The number of carbonyl (C=O) groups excluding carboxylic acids is 1. The van der Waals surface area contributed by atoms with Crippen molar-refractivity contribution in [3.05, 3.63) is 28.4 Å². The summed E-state index contributed by atoms with van der Waals surface area (Å²) >= 11 is 12.4. The Morgan fingerprint density at radius 2 is 1.96 bits per heavy atom. The maximum absolute atomic E-state index is 12.5. The molecule has 1 aromatic heterocycles. The Balaban J connectivity index is 1.57. The molecule has 4 unspecified atom stereocenters. The molecule has 4 N–H and O–H groups in total. The Hall–Kier alpha value is -1.15. The first-order valence-electron chi connectivity index (χ1n) is 8.92. The quantitative estimate of drug-likeness (QED) is 0.651. The van der Waals surface area contributed by atoms with Crippen molar-refractivity contribution < 1.29 is 9.90 Å². The van der Waals surface area contributed by atoms with Crippen molar-refractivity contribution in [3.8, 4) is 0 Å². The van der Waals surface area contributed by atoms with Crippen LogP contribution in [0.5, 0.6) is 0 Å². The molecule has 1 saturated heterocycles. The van der Waals surface area contributed by atoms with Gasteiger partial charge in [0.05, 0.1) is 23.1 Å². The standard InChI is InChI=1S/C17H24Cl2N4O3/c18-11-5-10(14(24)6-12(11)19)16(20)9-1-3-23(4-2-9)17(26)13-7-22-15(25)8-21-13/h7-12,14,16,24H,1-6,20H2,(H,22,25)/t10?,11?,12?,14?,16-/m1/s1.